The number of aldehydes is 1. The summed E-state index contributed by atoms with van der Waals surface area (Å²) in [4.78, 5) is 21.1. The molecule has 0 radical (unpaired) electrons. The molecular weight excluding hydrogens is 184 g/mol. The van der Waals surface area contributed by atoms with E-state index in [0.29, 0.717) is 17.6 Å². The smallest absolute Gasteiger partial charge is 0.335 e. The van der Waals surface area contributed by atoms with Crippen molar-refractivity contribution >= 4 is 12.3 Å². The number of hydrogen-bond donors (Lipinski definition) is 1. The zero-order valence-corrected chi connectivity index (χ0v) is 7.69. The van der Waals surface area contributed by atoms with E-state index in [9.17, 15) is 9.59 Å². The van der Waals surface area contributed by atoms with Crippen LogP contribution in [0.1, 0.15) is 15.9 Å². The number of carbonyl (C=O) groups is 2. The molecular formula is C10H10O4. The van der Waals surface area contributed by atoms with Crippen molar-refractivity contribution in [2.75, 3.05) is 7.11 Å². The van der Waals surface area contributed by atoms with E-state index in [1.807, 2.05) is 0 Å². The maximum absolute atomic E-state index is 10.7. The summed E-state index contributed by atoms with van der Waals surface area (Å²) in [5.41, 5.74) is 0.602. The van der Waals surface area contributed by atoms with Crippen molar-refractivity contribution in [1.82, 2.24) is 0 Å². The first-order valence-electron chi connectivity index (χ1n) is 4.03. The lowest BCUT2D eigenvalue weighted by molar-refractivity contribution is -0.107. The van der Waals surface area contributed by atoms with Gasteiger partial charge in [-0.3, -0.25) is 0 Å². The number of ether oxygens (including phenoxy) is 1. The zero-order chi connectivity index (χ0) is 10.6. The molecule has 74 valence electrons. The van der Waals surface area contributed by atoms with Crippen LogP contribution < -0.4 is 4.74 Å². The lowest BCUT2D eigenvalue weighted by Gasteiger charge is -2.05. The predicted octanol–water partition coefficient (Wildman–Crippen LogP) is 1.13. The molecule has 0 heterocycles. The van der Waals surface area contributed by atoms with Gasteiger partial charge in [0, 0.05) is 6.42 Å². The van der Waals surface area contributed by atoms with Crippen LogP contribution in [-0.2, 0) is 11.2 Å². The third-order valence-corrected chi connectivity index (χ3v) is 1.85. The highest BCUT2D eigenvalue weighted by Crippen LogP contribution is 2.17. The lowest BCUT2D eigenvalue weighted by atomic mass is 10.0. The van der Waals surface area contributed by atoms with Gasteiger partial charge in [0.1, 0.15) is 12.0 Å². The largest absolute Gasteiger partial charge is 0.497 e. The maximum Gasteiger partial charge on any atom is 0.335 e. The highest BCUT2D eigenvalue weighted by atomic mass is 16.5. The Labute approximate surface area is 81.1 Å². The van der Waals surface area contributed by atoms with E-state index in [4.69, 9.17) is 9.84 Å². The molecule has 0 saturated carbocycles. The van der Waals surface area contributed by atoms with E-state index < -0.39 is 5.97 Å². The number of rotatable bonds is 4. The molecule has 0 spiro atoms. The third kappa shape index (κ3) is 2.10. The Balaban J connectivity index is 3.16. The predicted molar refractivity (Wildman–Crippen MR) is 49.7 cm³/mol. The molecule has 1 aromatic rings. The van der Waals surface area contributed by atoms with E-state index in [1.165, 1.54) is 13.2 Å². The number of carbonyl (C=O) groups excluding carboxylic acids is 1. The molecule has 0 aliphatic rings. The second-order valence-corrected chi connectivity index (χ2v) is 2.70. The Morgan fingerprint density at radius 1 is 1.57 bits per heavy atom. The fraction of sp³-hybridized carbons (Fsp3) is 0.200. The topological polar surface area (TPSA) is 63.6 Å². The molecule has 0 saturated heterocycles. The van der Waals surface area contributed by atoms with Gasteiger partial charge in [-0.15, -0.1) is 0 Å². The summed E-state index contributed by atoms with van der Waals surface area (Å²) in [6, 6.07) is 4.54. The Morgan fingerprint density at radius 3 is 2.79 bits per heavy atom. The average Bonchev–Trinajstić information content (AvgIpc) is 2.17. The van der Waals surface area contributed by atoms with Crippen LogP contribution in [0.2, 0.25) is 0 Å². The van der Waals surface area contributed by atoms with Crippen LogP contribution in [0, 0.1) is 0 Å². The molecule has 4 heteroatoms. The Kier molecular flexibility index (Phi) is 3.23. The van der Waals surface area contributed by atoms with Gasteiger partial charge in [0.05, 0.1) is 12.7 Å². The number of benzene rings is 1. The molecule has 0 unspecified atom stereocenters. The number of carboxylic acids is 1. The van der Waals surface area contributed by atoms with Crippen molar-refractivity contribution in [2.45, 2.75) is 6.42 Å². The standard InChI is InChI=1S/C10H10O4/c1-14-8-2-3-9(10(12)13)7(6-8)4-5-11/h2-3,5-6H,4H2,1H3,(H,12,13). The summed E-state index contributed by atoms with van der Waals surface area (Å²) in [5.74, 6) is -0.489. The molecule has 4 nitrogen and oxygen atoms in total. The van der Waals surface area contributed by atoms with Crippen LogP contribution in [0.25, 0.3) is 0 Å². The fourth-order valence-corrected chi connectivity index (χ4v) is 1.16. The molecule has 1 rings (SSSR count). The van der Waals surface area contributed by atoms with Crippen molar-refractivity contribution in [3.8, 4) is 5.75 Å². The first-order chi connectivity index (χ1) is 6.69. The molecule has 0 atom stereocenters. The molecule has 0 fully saturated rings. The number of aromatic carboxylic acids is 1. The SMILES string of the molecule is COc1ccc(C(=O)O)c(CC=O)c1. The van der Waals surface area contributed by atoms with Crippen LogP contribution in [0.15, 0.2) is 18.2 Å². The minimum absolute atomic E-state index is 0.0822. The van der Waals surface area contributed by atoms with E-state index in [1.54, 1.807) is 12.1 Å². The number of hydrogen-bond acceptors (Lipinski definition) is 3. The summed E-state index contributed by atoms with van der Waals surface area (Å²) in [5, 5.41) is 8.80. The Hall–Kier alpha value is -1.84. The summed E-state index contributed by atoms with van der Waals surface area (Å²) in [6.07, 6.45) is 0.750. The Morgan fingerprint density at radius 2 is 2.29 bits per heavy atom. The first kappa shape index (κ1) is 10.2. The van der Waals surface area contributed by atoms with Crippen molar-refractivity contribution in [3.05, 3.63) is 29.3 Å². The van der Waals surface area contributed by atoms with Crippen molar-refractivity contribution < 1.29 is 19.4 Å². The monoisotopic (exact) mass is 194 g/mol. The van der Waals surface area contributed by atoms with Gasteiger partial charge < -0.3 is 14.6 Å². The molecule has 0 amide bonds. The normalized spacial score (nSPS) is 9.50. The van der Waals surface area contributed by atoms with Crippen LogP contribution in [-0.4, -0.2) is 24.5 Å². The number of methoxy groups -OCH3 is 1. The third-order valence-electron chi connectivity index (χ3n) is 1.85. The van der Waals surface area contributed by atoms with Gasteiger partial charge in [0.2, 0.25) is 0 Å². The van der Waals surface area contributed by atoms with E-state index >= 15 is 0 Å². The molecule has 1 N–H and O–H groups in total. The van der Waals surface area contributed by atoms with Crippen LogP contribution in [0.4, 0.5) is 0 Å². The molecule has 0 aromatic heterocycles. The summed E-state index contributed by atoms with van der Waals surface area (Å²) in [7, 11) is 1.49. The van der Waals surface area contributed by atoms with Gasteiger partial charge in [0.25, 0.3) is 0 Å². The first-order valence-corrected chi connectivity index (χ1v) is 4.03. The summed E-state index contributed by atoms with van der Waals surface area (Å²) < 4.78 is 4.93. The van der Waals surface area contributed by atoms with E-state index in [0.717, 1.165) is 0 Å². The minimum atomic E-state index is -1.04. The molecule has 1 aromatic carbocycles. The Bertz CT molecular complexity index is 357. The van der Waals surface area contributed by atoms with Crippen molar-refractivity contribution in [3.63, 3.8) is 0 Å². The van der Waals surface area contributed by atoms with Crippen LogP contribution in [0.5, 0.6) is 5.75 Å². The minimum Gasteiger partial charge on any atom is -0.497 e. The van der Waals surface area contributed by atoms with Gasteiger partial charge in [-0.25, -0.2) is 4.79 Å². The van der Waals surface area contributed by atoms with Gasteiger partial charge in [-0.1, -0.05) is 0 Å². The van der Waals surface area contributed by atoms with Crippen LogP contribution in [0.3, 0.4) is 0 Å². The molecule has 0 aliphatic heterocycles. The quantitative estimate of drug-likeness (QED) is 0.730. The van der Waals surface area contributed by atoms with E-state index in [2.05, 4.69) is 0 Å². The van der Waals surface area contributed by atoms with Gasteiger partial charge in [0.15, 0.2) is 0 Å². The lowest BCUT2D eigenvalue weighted by Crippen LogP contribution is -2.03. The van der Waals surface area contributed by atoms with Gasteiger partial charge >= 0.3 is 5.97 Å². The molecule has 14 heavy (non-hydrogen) atoms. The van der Waals surface area contributed by atoms with E-state index in [-0.39, 0.29) is 12.0 Å². The van der Waals surface area contributed by atoms with Crippen molar-refractivity contribution in [2.24, 2.45) is 0 Å². The van der Waals surface area contributed by atoms with Crippen molar-refractivity contribution in [1.29, 1.82) is 0 Å². The second-order valence-electron chi connectivity index (χ2n) is 2.70. The maximum atomic E-state index is 10.7. The number of carboxylic acid groups (broad SMARTS) is 1. The zero-order valence-electron chi connectivity index (χ0n) is 7.69. The van der Waals surface area contributed by atoms with Crippen LogP contribution >= 0.6 is 0 Å². The highest BCUT2D eigenvalue weighted by Gasteiger charge is 2.10. The average molecular weight is 194 g/mol. The van der Waals surface area contributed by atoms with Gasteiger partial charge in [-0.2, -0.15) is 0 Å². The highest BCUT2D eigenvalue weighted by molar-refractivity contribution is 5.90. The van der Waals surface area contributed by atoms with Gasteiger partial charge in [-0.05, 0) is 23.8 Å². The summed E-state index contributed by atoms with van der Waals surface area (Å²) in [6.45, 7) is 0. The fourth-order valence-electron chi connectivity index (χ4n) is 1.16. The summed E-state index contributed by atoms with van der Waals surface area (Å²) >= 11 is 0. The molecule has 0 bridgehead atoms. The molecule has 0 aliphatic carbocycles. The second kappa shape index (κ2) is 4.41.